The second kappa shape index (κ2) is 9.10. The number of aryl methyl sites for hydroxylation is 1. The van der Waals surface area contributed by atoms with Crippen molar-refractivity contribution in [3.05, 3.63) is 71.4 Å². The number of rotatable bonds is 7. The molecule has 0 saturated carbocycles. The quantitative estimate of drug-likeness (QED) is 0.658. The first-order valence-electron chi connectivity index (χ1n) is 9.17. The first-order chi connectivity index (χ1) is 14.1. The van der Waals surface area contributed by atoms with Gasteiger partial charge >= 0.3 is 0 Å². The molecule has 0 spiro atoms. The van der Waals surface area contributed by atoms with Crippen molar-refractivity contribution in [2.24, 2.45) is 0 Å². The van der Waals surface area contributed by atoms with Crippen molar-refractivity contribution >= 4 is 5.91 Å². The standard InChI is InChI=1S/C23H24N2O4/c1-15-18(10-11-19(25-15)16-8-6-5-7-9-16)23(26)24-14-17-12-21(28-3)22(29-4)13-20(17)27-2/h5-13H,14H2,1-4H3,(H,24,26). The molecular formula is C23H24N2O4. The van der Waals surface area contributed by atoms with Crippen LogP contribution in [-0.2, 0) is 6.54 Å². The molecule has 1 N–H and O–H groups in total. The zero-order valence-corrected chi connectivity index (χ0v) is 17.0. The topological polar surface area (TPSA) is 69.7 Å². The zero-order valence-electron chi connectivity index (χ0n) is 17.0. The number of nitrogens with one attached hydrogen (secondary N) is 1. The minimum atomic E-state index is -0.202. The van der Waals surface area contributed by atoms with Gasteiger partial charge in [-0.3, -0.25) is 9.78 Å². The highest BCUT2D eigenvalue weighted by atomic mass is 16.5. The van der Waals surface area contributed by atoms with Crippen LogP contribution >= 0.6 is 0 Å². The lowest BCUT2D eigenvalue weighted by atomic mass is 10.1. The van der Waals surface area contributed by atoms with Crippen molar-refractivity contribution < 1.29 is 19.0 Å². The Morgan fingerprint density at radius 2 is 1.55 bits per heavy atom. The van der Waals surface area contributed by atoms with Gasteiger partial charge in [-0.1, -0.05) is 30.3 Å². The Balaban J connectivity index is 1.77. The minimum Gasteiger partial charge on any atom is -0.496 e. The number of benzene rings is 2. The number of pyridine rings is 1. The molecule has 0 bridgehead atoms. The Bertz CT molecular complexity index is 1000. The Kier molecular flexibility index (Phi) is 6.34. The molecule has 1 heterocycles. The van der Waals surface area contributed by atoms with Crippen LogP contribution in [0.5, 0.6) is 17.2 Å². The van der Waals surface area contributed by atoms with Crippen molar-refractivity contribution in [2.75, 3.05) is 21.3 Å². The lowest BCUT2D eigenvalue weighted by molar-refractivity contribution is 0.0949. The highest BCUT2D eigenvalue weighted by Gasteiger charge is 2.15. The lowest BCUT2D eigenvalue weighted by Gasteiger charge is -2.15. The van der Waals surface area contributed by atoms with Crippen LogP contribution in [0.1, 0.15) is 21.6 Å². The number of hydrogen-bond donors (Lipinski definition) is 1. The van der Waals surface area contributed by atoms with Crippen LogP contribution in [0.4, 0.5) is 0 Å². The third-order valence-corrected chi connectivity index (χ3v) is 4.63. The van der Waals surface area contributed by atoms with E-state index in [4.69, 9.17) is 14.2 Å². The molecule has 0 aliphatic rings. The van der Waals surface area contributed by atoms with Gasteiger partial charge in [-0.2, -0.15) is 0 Å². The van der Waals surface area contributed by atoms with Crippen LogP contribution in [0.2, 0.25) is 0 Å². The van der Waals surface area contributed by atoms with Gasteiger partial charge in [-0.25, -0.2) is 0 Å². The Hall–Kier alpha value is -3.54. The van der Waals surface area contributed by atoms with Gasteiger partial charge < -0.3 is 19.5 Å². The number of nitrogens with zero attached hydrogens (tertiary/aromatic N) is 1. The molecule has 2 aromatic carbocycles. The van der Waals surface area contributed by atoms with Crippen LogP contribution in [0.3, 0.4) is 0 Å². The maximum Gasteiger partial charge on any atom is 0.253 e. The summed E-state index contributed by atoms with van der Waals surface area (Å²) < 4.78 is 16.0. The van der Waals surface area contributed by atoms with Gasteiger partial charge in [0.15, 0.2) is 11.5 Å². The Morgan fingerprint density at radius 3 is 2.17 bits per heavy atom. The first-order valence-corrected chi connectivity index (χ1v) is 9.17. The van der Waals surface area contributed by atoms with E-state index in [9.17, 15) is 4.79 Å². The van der Waals surface area contributed by atoms with Crippen LogP contribution in [0, 0.1) is 6.92 Å². The molecular weight excluding hydrogens is 368 g/mol. The van der Waals surface area contributed by atoms with Gasteiger partial charge in [0.1, 0.15) is 5.75 Å². The van der Waals surface area contributed by atoms with Crippen molar-refractivity contribution in [3.8, 4) is 28.5 Å². The van der Waals surface area contributed by atoms with Crippen LogP contribution < -0.4 is 19.5 Å². The molecule has 1 amide bonds. The predicted octanol–water partition coefficient (Wildman–Crippen LogP) is 4.01. The lowest BCUT2D eigenvalue weighted by Crippen LogP contribution is -2.24. The first kappa shape index (κ1) is 20.2. The van der Waals surface area contributed by atoms with E-state index in [1.165, 1.54) is 0 Å². The highest BCUT2D eigenvalue weighted by molar-refractivity contribution is 5.95. The molecule has 0 unspecified atom stereocenters. The van der Waals surface area contributed by atoms with Crippen LogP contribution in [0.25, 0.3) is 11.3 Å². The number of carbonyl (C=O) groups is 1. The van der Waals surface area contributed by atoms with Crippen molar-refractivity contribution in [3.63, 3.8) is 0 Å². The average Bonchev–Trinajstić information content (AvgIpc) is 2.77. The summed E-state index contributed by atoms with van der Waals surface area (Å²) in [7, 11) is 4.70. The maximum absolute atomic E-state index is 12.7. The van der Waals surface area contributed by atoms with E-state index in [0.29, 0.717) is 28.5 Å². The van der Waals surface area contributed by atoms with E-state index < -0.39 is 0 Å². The Morgan fingerprint density at radius 1 is 0.897 bits per heavy atom. The summed E-state index contributed by atoms with van der Waals surface area (Å²) in [5, 5.41) is 2.92. The molecule has 1 aromatic heterocycles. The van der Waals surface area contributed by atoms with E-state index >= 15 is 0 Å². The molecule has 0 radical (unpaired) electrons. The summed E-state index contributed by atoms with van der Waals surface area (Å²) in [6, 6.07) is 17.0. The van der Waals surface area contributed by atoms with Gasteiger partial charge in [-0.15, -0.1) is 0 Å². The number of methoxy groups -OCH3 is 3. The number of ether oxygens (including phenoxy) is 3. The summed E-state index contributed by atoms with van der Waals surface area (Å²) >= 11 is 0. The molecule has 0 fully saturated rings. The third-order valence-electron chi connectivity index (χ3n) is 4.63. The maximum atomic E-state index is 12.7. The second-order valence-corrected chi connectivity index (χ2v) is 6.40. The van der Waals surface area contributed by atoms with E-state index in [1.807, 2.05) is 43.3 Å². The molecule has 0 atom stereocenters. The zero-order chi connectivity index (χ0) is 20.8. The van der Waals surface area contributed by atoms with E-state index in [-0.39, 0.29) is 12.5 Å². The largest absolute Gasteiger partial charge is 0.496 e. The van der Waals surface area contributed by atoms with Gasteiger partial charge in [0, 0.05) is 23.7 Å². The molecule has 6 heteroatoms. The molecule has 0 saturated heterocycles. The van der Waals surface area contributed by atoms with Gasteiger partial charge in [0.05, 0.1) is 38.3 Å². The predicted molar refractivity (Wildman–Crippen MR) is 112 cm³/mol. The fourth-order valence-corrected chi connectivity index (χ4v) is 3.07. The number of aromatic nitrogens is 1. The monoisotopic (exact) mass is 392 g/mol. The van der Waals surface area contributed by atoms with E-state index in [2.05, 4.69) is 10.3 Å². The van der Waals surface area contributed by atoms with Crippen molar-refractivity contribution in [2.45, 2.75) is 13.5 Å². The summed E-state index contributed by atoms with van der Waals surface area (Å²) in [5.41, 5.74) is 3.83. The average molecular weight is 392 g/mol. The fourth-order valence-electron chi connectivity index (χ4n) is 3.07. The Labute approximate surface area is 170 Å². The smallest absolute Gasteiger partial charge is 0.253 e. The molecule has 6 nitrogen and oxygen atoms in total. The second-order valence-electron chi connectivity index (χ2n) is 6.40. The molecule has 3 rings (SSSR count). The SMILES string of the molecule is COc1cc(OC)c(OC)cc1CNC(=O)c1ccc(-c2ccccc2)nc1C. The van der Waals surface area contributed by atoms with Gasteiger partial charge in [0.2, 0.25) is 0 Å². The summed E-state index contributed by atoms with van der Waals surface area (Å²) in [5.74, 6) is 1.54. The van der Waals surface area contributed by atoms with Gasteiger partial charge in [-0.05, 0) is 25.1 Å². The summed E-state index contributed by atoms with van der Waals surface area (Å²) in [6.07, 6.45) is 0. The fraction of sp³-hybridized carbons (Fsp3) is 0.217. The number of amides is 1. The van der Waals surface area contributed by atoms with E-state index in [1.54, 1.807) is 39.5 Å². The number of carbonyl (C=O) groups excluding carboxylic acids is 1. The molecule has 0 aliphatic heterocycles. The van der Waals surface area contributed by atoms with E-state index in [0.717, 1.165) is 16.8 Å². The normalized spacial score (nSPS) is 10.3. The van der Waals surface area contributed by atoms with Crippen molar-refractivity contribution in [1.82, 2.24) is 10.3 Å². The van der Waals surface area contributed by atoms with Crippen LogP contribution in [0.15, 0.2) is 54.6 Å². The molecule has 29 heavy (non-hydrogen) atoms. The molecule has 0 aliphatic carbocycles. The van der Waals surface area contributed by atoms with Gasteiger partial charge in [0.25, 0.3) is 5.91 Å². The number of hydrogen-bond acceptors (Lipinski definition) is 5. The molecule has 150 valence electrons. The summed E-state index contributed by atoms with van der Waals surface area (Å²) in [4.78, 5) is 17.3. The minimum absolute atomic E-state index is 0.202. The summed E-state index contributed by atoms with van der Waals surface area (Å²) in [6.45, 7) is 2.11. The molecule has 3 aromatic rings. The highest BCUT2D eigenvalue weighted by Crippen LogP contribution is 2.34. The van der Waals surface area contributed by atoms with Crippen LogP contribution in [-0.4, -0.2) is 32.2 Å². The van der Waals surface area contributed by atoms with Crippen molar-refractivity contribution in [1.29, 1.82) is 0 Å². The third kappa shape index (κ3) is 4.48.